The molecule has 0 heterocycles. The second-order valence-electron chi connectivity index (χ2n) is 2.95. The third-order valence-electron chi connectivity index (χ3n) is 1.46. The van der Waals surface area contributed by atoms with Crippen molar-refractivity contribution in [2.45, 2.75) is 32.5 Å². The van der Waals surface area contributed by atoms with Crippen molar-refractivity contribution in [2.75, 3.05) is 0 Å². The Morgan fingerprint density at radius 3 is 2.36 bits per heavy atom. The Kier molecular flexibility index (Phi) is 4.03. The molecule has 66 valence electrons. The van der Waals surface area contributed by atoms with Gasteiger partial charge in [-0.1, -0.05) is 13.8 Å². The van der Waals surface area contributed by atoms with E-state index in [-0.39, 0.29) is 12.3 Å². The van der Waals surface area contributed by atoms with E-state index in [4.69, 9.17) is 10.8 Å². The summed E-state index contributed by atoms with van der Waals surface area (Å²) in [6, 6.07) is -0.882. The Morgan fingerprint density at radius 1 is 1.64 bits per heavy atom. The monoisotopic (exact) mass is 163 g/mol. The van der Waals surface area contributed by atoms with Gasteiger partial charge in [0.2, 0.25) is 0 Å². The van der Waals surface area contributed by atoms with E-state index in [1.54, 1.807) is 13.8 Å². The maximum Gasteiger partial charge on any atom is 0.305 e. The number of nitrogens with two attached hydrogens (primary N) is 1. The lowest BCUT2D eigenvalue weighted by molar-refractivity contribution is -0.137. The summed E-state index contributed by atoms with van der Waals surface area (Å²) in [4.78, 5) is 10.1. The first-order valence-electron chi connectivity index (χ1n) is 3.56. The highest BCUT2D eigenvalue weighted by Crippen LogP contribution is 2.11. The molecule has 0 spiro atoms. The third-order valence-corrected chi connectivity index (χ3v) is 1.46. The fourth-order valence-corrected chi connectivity index (χ4v) is 0.809. The molecule has 2 unspecified atom stereocenters. The molecule has 0 aliphatic rings. The first kappa shape index (κ1) is 10.4. The van der Waals surface area contributed by atoms with Crippen molar-refractivity contribution in [1.82, 2.24) is 0 Å². The third kappa shape index (κ3) is 3.93. The Morgan fingerprint density at radius 2 is 2.09 bits per heavy atom. The molecule has 0 amide bonds. The Balaban J connectivity index is 3.82. The van der Waals surface area contributed by atoms with E-state index in [1.165, 1.54) is 0 Å². The van der Waals surface area contributed by atoms with E-state index in [0.29, 0.717) is 0 Å². The van der Waals surface area contributed by atoms with Gasteiger partial charge in [0, 0.05) is 6.04 Å². The number of carboxylic acid groups (broad SMARTS) is 1. The van der Waals surface area contributed by atoms with Crippen LogP contribution in [0.25, 0.3) is 0 Å². The minimum Gasteiger partial charge on any atom is -0.481 e. The van der Waals surface area contributed by atoms with Crippen LogP contribution in [0, 0.1) is 5.92 Å². The summed E-state index contributed by atoms with van der Waals surface area (Å²) >= 11 is 0. The number of rotatable bonds is 4. The van der Waals surface area contributed by atoms with E-state index in [1.807, 2.05) is 0 Å². The van der Waals surface area contributed by atoms with Crippen LogP contribution in [-0.2, 0) is 4.79 Å². The highest BCUT2D eigenvalue weighted by atomic mass is 19.1. The van der Waals surface area contributed by atoms with Crippen molar-refractivity contribution in [3.63, 3.8) is 0 Å². The standard InChI is InChI=1S/C7H14FNO2/c1-4(2)7(8)5(9)3-6(10)11/h4-5,7H,3,9H2,1-2H3,(H,10,11). The lowest BCUT2D eigenvalue weighted by Crippen LogP contribution is -2.36. The van der Waals surface area contributed by atoms with Crippen LogP contribution in [0.2, 0.25) is 0 Å². The number of hydrogen-bond donors (Lipinski definition) is 2. The molecule has 0 saturated carbocycles. The SMILES string of the molecule is CC(C)C(F)C(N)CC(=O)O. The molecule has 4 heteroatoms. The van der Waals surface area contributed by atoms with E-state index >= 15 is 0 Å². The summed E-state index contributed by atoms with van der Waals surface area (Å²) in [7, 11) is 0. The van der Waals surface area contributed by atoms with E-state index in [9.17, 15) is 9.18 Å². The molecule has 3 nitrogen and oxygen atoms in total. The zero-order chi connectivity index (χ0) is 9.02. The summed E-state index contributed by atoms with van der Waals surface area (Å²) in [5, 5.41) is 8.27. The molecule has 0 radical (unpaired) electrons. The van der Waals surface area contributed by atoms with Gasteiger partial charge in [-0.25, -0.2) is 4.39 Å². The molecule has 0 rings (SSSR count). The molecule has 0 aliphatic carbocycles. The van der Waals surface area contributed by atoms with Crippen molar-refractivity contribution in [3.05, 3.63) is 0 Å². The van der Waals surface area contributed by atoms with Crippen molar-refractivity contribution in [2.24, 2.45) is 11.7 Å². The quantitative estimate of drug-likeness (QED) is 0.643. The predicted molar refractivity (Wildman–Crippen MR) is 40.0 cm³/mol. The fraction of sp³-hybridized carbons (Fsp3) is 0.857. The molecule has 2 atom stereocenters. The van der Waals surface area contributed by atoms with Crippen LogP contribution in [0.3, 0.4) is 0 Å². The number of carboxylic acids is 1. The van der Waals surface area contributed by atoms with Gasteiger partial charge in [0.1, 0.15) is 6.17 Å². The molecule has 0 aromatic carbocycles. The maximum atomic E-state index is 12.9. The lowest BCUT2D eigenvalue weighted by atomic mass is 10.00. The lowest BCUT2D eigenvalue weighted by Gasteiger charge is -2.17. The van der Waals surface area contributed by atoms with Gasteiger partial charge in [-0.2, -0.15) is 0 Å². The molecule has 0 bridgehead atoms. The Bertz CT molecular complexity index is 138. The van der Waals surface area contributed by atoms with Crippen LogP contribution in [0.4, 0.5) is 4.39 Å². The van der Waals surface area contributed by atoms with Crippen LogP contribution in [0.15, 0.2) is 0 Å². The molecule has 0 saturated heterocycles. The minimum absolute atomic E-state index is 0.218. The normalized spacial score (nSPS) is 16.5. The van der Waals surface area contributed by atoms with Crippen molar-refractivity contribution in [3.8, 4) is 0 Å². The number of hydrogen-bond acceptors (Lipinski definition) is 2. The van der Waals surface area contributed by atoms with Crippen LogP contribution >= 0.6 is 0 Å². The zero-order valence-electron chi connectivity index (χ0n) is 6.75. The van der Waals surface area contributed by atoms with Gasteiger partial charge in [0.05, 0.1) is 6.42 Å². The predicted octanol–water partition coefficient (Wildman–Crippen LogP) is 0.782. The van der Waals surface area contributed by atoms with Gasteiger partial charge in [-0.05, 0) is 5.92 Å². The first-order chi connectivity index (χ1) is 4.95. The molecular formula is C7H14FNO2. The first-order valence-corrected chi connectivity index (χ1v) is 3.56. The Labute approximate surface area is 65.4 Å². The molecule has 0 fully saturated rings. The molecular weight excluding hydrogens is 149 g/mol. The summed E-state index contributed by atoms with van der Waals surface area (Å²) in [6.07, 6.45) is -1.54. The van der Waals surface area contributed by atoms with Crippen molar-refractivity contribution in [1.29, 1.82) is 0 Å². The molecule has 0 aromatic rings. The van der Waals surface area contributed by atoms with Gasteiger partial charge in [-0.3, -0.25) is 4.79 Å². The van der Waals surface area contributed by atoms with E-state index in [0.717, 1.165) is 0 Å². The van der Waals surface area contributed by atoms with Gasteiger partial charge in [-0.15, -0.1) is 0 Å². The van der Waals surface area contributed by atoms with Gasteiger partial charge >= 0.3 is 5.97 Å². The smallest absolute Gasteiger partial charge is 0.305 e. The van der Waals surface area contributed by atoms with Crippen LogP contribution in [0.1, 0.15) is 20.3 Å². The summed E-state index contributed by atoms with van der Waals surface area (Å²) in [5.41, 5.74) is 5.26. The Hall–Kier alpha value is -0.640. The van der Waals surface area contributed by atoms with Crippen LogP contribution in [0.5, 0.6) is 0 Å². The van der Waals surface area contributed by atoms with Crippen molar-refractivity contribution < 1.29 is 14.3 Å². The van der Waals surface area contributed by atoms with Crippen molar-refractivity contribution >= 4 is 5.97 Å². The number of aliphatic carboxylic acids is 1. The molecule has 0 aliphatic heterocycles. The second kappa shape index (κ2) is 4.28. The highest BCUT2D eigenvalue weighted by Gasteiger charge is 2.22. The largest absolute Gasteiger partial charge is 0.481 e. The highest BCUT2D eigenvalue weighted by molar-refractivity contribution is 5.67. The van der Waals surface area contributed by atoms with E-state index in [2.05, 4.69) is 0 Å². The number of halogens is 1. The summed E-state index contributed by atoms with van der Waals surface area (Å²) in [6.45, 7) is 3.35. The zero-order valence-corrected chi connectivity index (χ0v) is 6.75. The van der Waals surface area contributed by atoms with Crippen LogP contribution < -0.4 is 5.73 Å². The average molecular weight is 163 g/mol. The van der Waals surface area contributed by atoms with Gasteiger partial charge in [0.15, 0.2) is 0 Å². The van der Waals surface area contributed by atoms with Gasteiger partial charge < -0.3 is 10.8 Å². The fourth-order valence-electron chi connectivity index (χ4n) is 0.809. The topological polar surface area (TPSA) is 63.3 Å². The average Bonchev–Trinajstić information content (AvgIpc) is 1.84. The van der Waals surface area contributed by atoms with Gasteiger partial charge in [0.25, 0.3) is 0 Å². The summed E-state index contributed by atoms with van der Waals surface area (Å²) in [5.74, 6) is -1.27. The molecule has 0 aromatic heterocycles. The minimum atomic E-state index is -1.23. The molecule has 3 N–H and O–H groups in total. The number of alkyl halides is 1. The van der Waals surface area contributed by atoms with Crippen LogP contribution in [-0.4, -0.2) is 23.3 Å². The summed E-state index contributed by atoms with van der Waals surface area (Å²) < 4.78 is 12.9. The maximum absolute atomic E-state index is 12.9. The number of carbonyl (C=O) groups is 1. The van der Waals surface area contributed by atoms with E-state index < -0.39 is 18.2 Å². The molecule has 11 heavy (non-hydrogen) atoms. The second-order valence-corrected chi connectivity index (χ2v) is 2.95.